The lowest BCUT2D eigenvalue weighted by Gasteiger charge is -2.16. The van der Waals surface area contributed by atoms with Gasteiger partial charge in [-0.3, -0.25) is 4.79 Å². The van der Waals surface area contributed by atoms with Gasteiger partial charge in [0.2, 0.25) is 5.91 Å². The summed E-state index contributed by atoms with van der Waals surface area (Å²) in [4.78, 5) is 13.2. The van der Waals surface area contributed by atoms with E-state index in [2.05, 4.69) is 48.7 Å². The van der Waals surface area contributed by atoms with Crippen molar-refractivity contribution in [3.05, 3.63) is 29.8 Å². The van der Waals surface area contributed by atoms with Crippen molar-refractivity contribution in [1.82, 2.24) is 10.6 Å². The number of benzene rings is 1. The maximum absolute atomic E-state index is 12.0. The molecule has 0 bridgehead atoms. The standard InChI is InChI=1S/C17H28N2OS/c1-5-11-18-12-15-7-9-16(10-8-15)21-14(4)17(20)19-13(3)6-2/h7-10,13-14,18H,5-6,11-12H2,1-4H3,(H,19,20). The average molecular weight is 308 g/mol. The van der Waals surface area contributed by atoms with Crippen molar-refractivity contribution in [2.45, 2.75) is 63.3 Å². The van der Waals surface area contributed by atoms with Crippen molar-refractivity contribution >= 4 is 17.7 Å². The van der Waals surface area contributed by atoms with Crippen LogP contribution in [0.5, 0.6) is 0 Å². The van der Waals surface area contributed by atoms with Crippen LogP contribution >= 0.6 is 11.8 Å². The average Bonchev–Trinajstić information content (AvgIpc) is 2.49. The molecule has 3 nitrogen and oxygen atoms in total. The monoisotopic (exact) mass is 308 g/mol. The normalized spacial score (nSPS) is 13.7. The predicted molar refractivity (Wildman–Crippen MR) is 91.7 cm³/mol. The lowest BCUT2D eigenvalue weighted by atomic mass is 10.2. The molecule has 1 aromatic carbocycles. The van der Waals surface area contributed by atoms with Crippen LogP contribution in [-0.2, 0) is 11.3 Å². The smallest absolute Gasteiger partial charge is 0.233 e. The summed E-state index contributed by atoms with van der Waals surface area (Å²) in [5, 5.41) is 6.35. The zero-order chi connectivity index (χ0) is 15.7. The Balaban J connectivity index is 2.45. The Labute approximate surface area is 133 Å². The molecule has 0 saturated heterocycles. The summed E-state index contributed by atoms with van der Waals surface area (Å²) in [6.45, 7) is 10.2. The number of hydrogen-bond donors (Lipinski definition) is 2. The molecule has 1 rings (SSSR count). The van der Waals surface area contributed by atoms with Crippen molar-refractivity contribution in [3.8, 4) is 0 Å². The van der Waals surface area contributed by atoms with Crippen LogP contribution < -0.4 is 10.6 Å². The van der Waals surface area contributed by atoms with Gasteiger partial charge in [0.1, 0.15) is 0 Å². The maximum Gasteiger partial charge on any atom is 0.233 e. The van der Waals surface area contributed by atoms with Crippen LogP contribution in [-0.4, -0.2) is 23.7 Å². The number of amides is 1. The second-order valence-electron chi connectivity index (χ2n) is 5.40. The van der Waals surface area contributed by atoms with Gasteiger partial charge in [-0.05, 0) is 50.9 Å². The van der Waals surface area contributed by atoms with Gasteiger partial charge >= 0.3 is 0 Å². The Hall–Kier alpha value is -1.00. The highest BCUT2D eigenvalue weighted by atomic mass is 32.2. The molecule has 0 spiro atoms. The highest BCUT2D eigenvalue weighted by Crippen LogP contribution is 2.23. The van der Waals surface area contributed by atoms with E-state index in [1.807, 2.05) is 13.8 Å². The maximum atomic E-state index is 12.0. The molecule has 118 valence electrons. The van der Waals surface area contributed by atoms with Gasteiger partial charge in [-0.2, -0.15) is 0 Å². The molecule has 2 unspecified atom stereocenters. The fourth-order valence-electron chi connectivity index (χ4n) is 1.82. The Morgan fingerprint density at radius 3 is 2.43 bits per heavy atom. The molecule has 1 aromatic rings. The lowest BCUT2D eigenvalue weighted by Crippen LogP contribution is -2.37. The zero-order valence-electron chi connectivity index (χ0n) is 13.6. The van der Waals surface area contributed by atoms with Crippen molar-refractivity contribution in [2.75, 3.05) is 6.54 Å². The number of nitrogens with one attached hydrogen (secondary N) is 2. The zero-order valence-corrected chi connectivity index (χ0v) is 14.4. The summed E-state index contributed by atoms with van der Waals surface area (Å²) in [6.07, 6.45) is 2.11. The molecule has 0 saturated carbocycles. The van der Waals surface area contributed by atoms with Crippen molar-refractivity contribution in [2.24, 2.45) is 0 Å². The van der Waals surface area contributed by atoms with Crippen molar-refractivity contribution in [1.29, 1.82) is 0 Å². The number of hydrogen-bond acceptors (Lipinski definition) is 3. The molecule has 0 fully saturated rings. The second-order valence-corrected chi connectivity index (χ2v) is 6.81. The molecular formula is C17H28N2OS. The van der Waals surface area contributed by atoms with Gasteiger partial charge in [0.05, 0.1) is 5.25 Å². The van der Waals surface area contributed by atoms with E-state index in [1.165, 1.54) is 5.56 Å². The minimum absolute atomic E-state index is 0.0666. The van der Waals surface area contributed by atoms with E-state index in [9.17, 15) is 4.79 Å². The number of rotatable bonds is 9. The summed E-state index contributed by atoms with van der Waals surface area (Å²) in [6, 6.07) is 8.70. The van der Waals surface area contributed by atoms with E-state index in [-0.39, 0.29) is 17.2 Å². The third-order valence-electron chi connectivity index (χ3n) is 3.36. The Bertz CT molecular complexity index is 419. The molecule has 4 heteroatoms. The molecule has 2 atom stereocenters. The van der Waals surface area contributed by atoms with Crippen LogP contribution in [0, 0.1) is 0 Å². The minimum atomic E-state index is -0.0666. The van der Waals surface area contributed by atoms with E-state index in [1.54, 1.807) is 11.8 Å². The van der Waals surface area contributed by atoms with E-state index < -0.39 is 0 Å². The third kappa shape index (κ3) is 7.00. The van der Waals surface area contributed by atoms with E-state index in [4.69, 9.17) is 0 Å². The Kier molecular flexibility index (Phi) is 8.47. The van der Waals surface area contributed by atoms with Crippen LogP contribution in [0.1, 0.15) is 46.1 Å². The van der Waals surface area contributed by atoms with Gasteiger partial charge in [0, 0.05) is 17.5 Å². The molecule has 0 radical (unpaired) electrons. The molecule has 0 aliphatic heterocycles. The largest absolute Gasteiger partial charge is 0.353 e. The minimum Gasteiger partial charge on any atom is -0.353 e. The molecule has 0 aromatic heterocycles. The fraction of sp³-hybridized carbons (Fsp3) is 0.588. The van der Waals surface area contributed by atoms with Gasteiger partial charge in [-0.25, -0.2) is 0 Å². The fourth-order valence-corrected chi connectivity index (χ4v) is 2.69. The van der Waals surface area contributed by atoms with Gasteiger partial charge in [-0.15, -0.1) is 11.8 Å². The molecule has 21 heavy (non-hydrogen) atoms. The summed E-state index contributed by atoms with van der Waals surface area (Å²) in [5.41, 5.74) is 1.28. The molecule has 0 aliphatic rings. The molecular weight excluding hydrogens is 280 g/mol. The quantitative estimate of drug-likeness (QED) is 0.541. The summed E-state index contributed by atoms with van der Waals surface area (Å²) in [5.74, 6) is 0.114. The highest BCUT2D eigenvalue weighted by molar-refractivity contribution is 8.00. The topological polar surface area (TPSA) is 41.1 Å². The number of thioether (sulfide) groups is 1. The lowest BCUT2D eigenvalue weighted by molar-refractivity contribution is -0.120. The SMILES string of the molecule is CCCNCc1ccc(SC(C)C(=O)NC(C)CC)cc1. The summed E-state index contributed by atoms with van der Waals surface area (Å²) < 4.78 is 0. The van der Waals surface area contributed by atoms with Crippen molar-refractivity contribution in [3.63, 3.8) is 0 Å². The van der Waals surface area contributed by atoms with E-state index in [0.29, 0.717) is 0 Å². The molecule has 0 aliphatic carbocycles. The number of carbonyl (C=O) groups excluding carboxylic acids is 1. The van der Waals surface area contributed by atoms with Gasteiger partial charge in [0.15, 0.2) is 0 Å². The van der Waals surface area contributed by atoms with Gasteiger partial charge < -0.3 is 10.6 Å². The first-order valence-corrected chi connectivity index (χ1v) is 8.71. The second kappa shape index (κ2) is 9.85. The number of carbonyl (C=O) groups is 1. The summed E-state index contributed by atoms with van der Waals surface area (Å²) >= 11 is 1.61. The first-order chi connectivity index (χ1) is 10.1. The van der Waals surface area contributed by atoms with Crippen LogP contribution in [0.25, 0.3) is 0 Å². The first-order valence-electron chi connectivity index (χ1n) is 7.83. The highest BCUT2D eigenvalue weighted by Gasteiger charge is 2.15. The Morgan fingerprint density at radius 2 is 1.86 bits per heavy atom. The summed E-state index contributed by atoms with van der Waals surface area (Å²) in [7, 11) is 0. The van der Waals surface area contributed by atoms with Crippen LogP contribution in [0.15, 0.2) is 29.2 Å². The van der Waals surface area contributed by atoms with Crippen molar-refractivity contribution < 1.29 is 4.79 Å². The first kappa shape index (κ1) is 18.1. The van der Waals surface area contributed by atoms with Crippen LogP contribution in [0.4, 0.5) is 0 Å². The Morgan fingerprint density at radius 1 is 1.19 bits per heavy atom. The van der Waals surface area contributed by atoms with E-state index in [0.717, 1.165) is 30.8 Å². The van der Waals surface area contributed by atoms with Crippen LogP contribution in [0.2, 0.25) is 0 Å². The predicted octanol–water partition coefficient (Wildman–Crippen LogP) is 3.58. The molecule has 0 heterocycles. The van der Waals surface area contributed by atoms with Crippen LogP contribution in [0.3, 0.4) is 0 Å². The molecule has 1 amide bonds. The third-order valence-corrected chi connectivity index (χ3v) is 4.47. The van der Waals surface area contributed by atoms with Gasteiger partial charge in [0.25, 0.3) is 0 Å². The van der Waals surface area contributed by atoms with E-state index >= 15 is 0 Å². The molecule has 2 N–H and O–H groups in total. The van der Waals surface area contributed by atoms with Gasteiger partial charge in [-0.1, -0.05) is 26.0 Å².